The van der Waals surface area contributed by atoms with E-state index < -0.39 is 15.6 Å². The van der Waals surface area contributed by atoms with Crippen LogP contribution in [-0.2, 0) is 10.0 Å². The molecule has 5 rings (SSSR count). The summed E-state index contributed by atoms with van der Waals surface area (Å²) in [6, 6.07) is 16.0. The van der Waals surface area contributed by atoms with Crippen LogP contribution in [0.2, 0.25) is 0 Å². The molecule has 0 saturated carbocycles. The zero-order valence-corrected chi connectivity index (χ0v) is 29.0. The molecule has 46 heavy (non-hydrogen) atoms. The van der Waals surface area contributed by atoms with Crippen molar-refractivity contribution in [3.8, 4) is 29.0 Å². The Morgan fingerprint density at radius 3 is 1.91 bits per heavy atom. The number of benzene rings is 2. The van der Waals surface area contributed by atoms with Crippen LogP contribution in [0.25, 0.3) is 11.1 Å². The van der Waals surface area contributed by atoms with Gasteiger partial charge < -0.3 is 14.2 Å². The lowest BCUT2D eigenvalue weighted by Crippen LogP contribution is -2.52. The van der Waals surface area contributed by atoms with Gasteiger partial charge >= 0.3 is 12.0 Å². The lowest BCUT2D eigenvalue weighted by Gasteiger charge is -2.38. The van der Waals surface area contributed by atoms with Gasteiger partial charge in [0, 0.05) is 24.8 Å². The third-order valence-corrected chi connectivity index (χ3v) is 9.29. The molecular weight excluding hydrogens is 742 g/mol. The van der Waals surface area contributed by atoms with E-state index in [1.165, 1.54) is 22.8 Å². The average molecular weight is 771 g/mol. The smallest absolute Gasteiger partial charge is 0.316 e. The van der Waals surface area contributed by atoms with Crippen LogP contribution in [0, 0.1) is 6.92 Å². The molecule has 12 nitrogen and oxygen atoms in total. The Labute approximate surface area is 283 Å². The lowest BCUT2D eigenvalue weighted by molar-refractivity contribution is 0.201. The maximum absolute atomic E-state index is 14.5. The second-order valence-electron chi connectivity index (χ2n) is 10.5. The molecule has 0 unspecified atom stereocenters. The highest BCUT2D eigenvalue weighted by Gasteiger charge is 2.41. The van der Waals surface area contributed by atoms with Crippen LogP contribution < -0.4 is 18.5 Å². The van der Waals surface area contributed by atoms with Crippen molar-refractivity contribution in [1.29, 1.82) is 0 Å². The molecule has 15 heteroatoms. The molecule has 3 heterocycles. The largest absolute Gasteiger partial charge is 0.473 e. The van der Waals surface area contributed by atoms with Crippen LogP contribution in [-0.4, -0.2) is 63.7 Å². The van der Waals surface area contributed by atoms with E-state index in [1.807, 2.05) is 31.2 Å². The molecule has 2 aromatic carbocycles. The van der Waals surface area contributed by atoms with Gasteiger partial charge in [-0.05, 0) is 70.3 Å². The van der Waals surface area contributed by atoms with Gasteiger partial charge in [0.05, 0.1) is 24.9 Å². The van der Waals surface area contributed by atoms with Gasteiger partial charge in [0.1, 0.15) is 26.1 Å². The zero-order valence-electron chi connectivity index (χ0n) is 25.0. The van der Waals surface area contributed by atoms with Gasteiger partial charge in [-0.1, -0.05) is 48.0 Å². The fourth-order valence-corrected chi connectivity index (χ4v) is 6.53. The molecule has 0 atom stereocenters. The standard InChI is InChI=1S/C31H29Br2N7O5S/c1-21-9-11-22(12-10-21)26-27(38-20-39-28(26)43-13-14-44-29-34-15-23(32)16-35-29)40(46(41,42)25-7-5-4-6-8-25)31(2,3)19-45-30-36-17-24(33)18-37-30/h4-12,15-18,20H,13-14,19H2,1-3H3. The Morgan fingerprint density at radius 2 is 1.30 bits per heavy atom. The fourth-order valence-electron chi connectivity index (χ4n) is 4.34. The van der Waals surface area contributed by atoms with Crippen LogP contribution in [0.3, 0.4) is 0 Å². The number of hydrogen-bond acceptors (Lipinski definition) is 11. The van der Waals surface area contributed by atoms with Crippen LogP contribution in [0.4, 0.5) is 5.82 Å². The van der Waals surface area contributed by atoms with Gasteiger partial charge in [-0.2, -0.15) is 0 Å². The van der Waals surface area contributed by atoms with Crippen molar-refractivity contribution in [2.45, 2.75) is 31.2 Å². The molecule has 0 spiro atoms. The van der Waals surface area contributed by atoms with Crippen molar-refractivity contribution >= 4 is 47.7 Å². The molecule has 0 aliphatic rings. The second-order valence-corrected chi connectivity index (χ2v) is 14.1. The predicted molar refractivity (Wildman–Crippen MR) is 178 cm³/mol. The molecule has 0 aliphatic heterocycles. The SMILES string of the molecule is Cc1ccc(-c2c(OCCOc3ncc(Br)cn3)ncnc2N(C(C)(C)COc2ncc(Br)cn2)S(=O)(=O)c2ccccc2)cc1. The monoisotopic (exact) mass is 769 g/mol. The Balaban J connectivity index is 1.57. The fraction of sp³-hybridized carbons (Fsp3) is 0.226. The molecule has 0 fully saturated rings. The highest BCUT2D eigenvalue weighted by atomic mass is 79.9. The first kappa shape index (κ1) is 33.2. The summed E-state index contributed by atoms with van der Waals surface area (Å²) in [4.78, 5) is 25.6. The van der Waals surface area contributed by atoms with Gasteiger partial charge in [-0.3, -0.25) is 0 Å². The summed E-state index contributed by atoms with van der Waals surface area (Å²) in [7, 11) is -4.23. The Kier molecular flexibility index (Phi) is 10.4. The number of nitrogens with zero attached hydrogens (tertiary/aromatic N) is 7. The summed E-state index contributed by atoms with van der Waals surface area (Å²) in [6.45, 7) is 5.48. The van der Waals surface area contributed by atoms with Crippen LogP contribution in [0.15, 0.2) is 99.6 Å². The Morgan fingerprint density at radius 1 is 0.739 bits per heavy atom. The van der Waals surface area contributed by atoms with E-state index >= 15 is 0 Å². The van der Waals surface area contributed by atoms with Crippen LogP contribution >= 0.6 is 31.9 Å². The molecule has 0 saturated heterocycles. The minimum Gasteiger partial charge on any atom is -0.473 e. The quantitative estimate of drug-likeness (QED) is 0.129. The first-order valence-corrected chi connectivity index (χ1v) is 16.9. The molecule has 0 radical (unpaired) electrons. The molecule has 5 aromatic rings. The maximum atomic E-state index is 14.5. The molecule has 238 valence electrons. The Bertz CT molecular complexity index is 1870. The number of aryl methyl sites for hydroxylation is 1. The van der Waals surface area contributed by atoms with Crippen LogP contribution in [0.5, 0.6) is 17.9 Å². The first-order valence-electron chi connectivity index (χ1n) is 13.9. The maximum Gasteiger partial charge on any atom is 0.316 e. The van der Waals surface area contributed by atoms with Crippen molar-refractivity contribution in [1.82, 2.24) is 29.9 Å². The number of rotatable bonds is 13. The first-order chi connectivity index (χ1) is 22.0. The van der Waals surface area contributed by atoms with E-state index in [0.717, 1.165) is 10.0 Å². The molecule has 0 N–H and O–H groups in total. The summed E-state index contributed by atoms with van der Waals surface area (Å²) in [5.74, 6) is 0.260. The highest BCUT2D eigenvalue weighted by molar-refractivity contribution is 9.10. The summed E-state index contributed by atoms with van der Waals surface area (Å²) >= 11 is 6.61. The van der Waals surface area contributed by atoms with E-state index in [1.54, 1.807) is 56.8 Å². The van der Waals surface area contributed by atoms with E-state index in [4.69, 9.17) is 14.2 Å². The summed E-state index contributed by atoms with van der Waals surface area (Å²) in [5, 5.41) is 0. The van der Waals surface area contributed by atoms with E-state index in [0.29, 0.717) is 15.6 Å². The van der Waals surface area contributed by atoms with Gasteiger partial charge in [-0.15, -0.1) is 0 Å². The van der Waals surface area contributed by atoms with E-state index in [2.05, 4.69) is 61.8 Å². The number of sulfonamides is 1. The molecule has 0 bridgehead atoms. The van der Waals surface area contributed by atoms with Crippen LogP contribution in [0.1, 0.15) is 19.4 Å². The Hall–Kier alpha value is -4.21. The number of anilines is 1. The van der Waals surface area contributed by atoms with Gasteiger partial charge in [0.15, 0.2) is 5.82 Å². The third-order valence-electron chi connectivity index (χ3n) is 6.46. The molecule has 3 aromatic heterocycles. The number of hydrogen-bond donors (Lipinski definition) is 0. The van der Waals surface area contributed by atoms with E-state index in [-0.39, 0.29) is 48.4 Å². The molecule has 0 amide bonds. The second kappa shape index (κ2) is 14.5. The number of aromatic nitrogens is 6. The van der Waals surface area contributed by atoms with Crippen molar-refractivity contribution in [2.24, 2.45) is 0 Å². The van der Waals surface area contributed by atoms with Crippen molar-refractivity contribution in [3.05, 3.63) is 100 Å². The highest BCUT2D eigenvalue weighted by Crippen LogP contribution is 2.41. The van der Waals surface area contributed by atoms with Gasteiger partial charge in [0.2, 0.25) is 5.88 Å². The van der Waals surface area contributed by atoms with Crippen molar-refractivity contribution in [3.63, 3.8) is 0 Å². The predicted octanol–water partition coefficient (Wildman–Crippen LogP) is 6.07. The van der Waals surface area contributed by atoms with E-state index in [9.17, 15) is 8.42 Å². The minimum absolute atomic E-state index is 0.0631. The molecule has 0 aliphatic carbocycles. The minimum atomic E-state index is -4.23. The average Bonchev–Trinajstić information content (AvgIpc) is 3.04. The topological polar surface area (TPSA) is 142 Å². The van der Waals surface area contributed by atoms with Gasteiger partial charge in [-0.25, -0.2) is 42.6 Å². The van der Waals surface area contributed by atoms with Crippen molar-refractivity contribution < 1.29 is 22.6 Å². The third kappa shape index (κ3) is 7.95. The number of ether oxygens (including phenoxy) is 3. The summed E-state index contributed by atoms with van der Waals surface area (Å²) < 4.78 is 49.3. The zero-order chi connectivity index (χ0) is 32.7. The summed E-state index contributed by atoms with van der Waals surface area (Å²) in [6.07, 6.45) is 7.51. The van der Waals surface area contributed by atoms with Gasteiger partial charge in [0.25, 0.3) is 10.0 Å². The summed E-state index contributed by atoms with van der Waals surface area (Å²) in [5.41, 5.74) is 0.812. The van der Waals surface area contributed by atoms with Crippen molar-refractivity contribution in [2.75, 3.05) is 24.1 Å². The number of halogens is 2. The molecular formula is C31H29Br2N7O5S. The lowest BCUT2D eigenvalue weighted by atomic mass is 10.0. The normalized spacial score (nSPS) is 11.6.